The molecule has 0 aliphatic carbocycles. The van der Waals surface area contributed by atoms with Crippen molar-refractivity contribution in [2.24, 2.45) is 0 Å². The summed E-state index contributed by atoms with van der Waals surface area (Å²) in [4.78, 5) is 34.2. The lowest BCUT2D eigenvalue weighted by atomic mass is 10.3. The molecule has 0 saturated carbocycles. The number of amides is 3. The lowest BCUT2D eigenvalue weighted by Gasteiger charge is -2.09. The topological polar surface area (TPSA) is 106 Å². The summed E-state index contributed by atoms with van der Waals surface area (Å²) in [5.41, 5.74) is 0.546. The number of carbonyl (C=O) groups is 3. The average Bonchev–Trinajstić information content (AvgIpc) is 2.54. The number of alkyl carbamates (subject to hydrolysis) is 1. The highest BCUT2D eigenvalue weighted by atomic mass is 16.5. The van der Waals surface area contributed by atoms with Gasteiger partial charge in [0.05, 0.1) is 6.61 Å². The molecule has 3 N–H and O–H groups in total. The second-order valence-corrected chi connectivity index (χ2v) is 4.72. The minimum atomic E-state index is -0.550. The third-order valence-corrected chi connectivity index (χ3v) is 2.76. The van der Waals surface area contributed by atoms with E-state index >= 15 is 0 Å². The van der Waals surface area contributed by atoms with Crippen molar-refractivity contribution in [2.45, 2.75) is 20.3 Å². The Kier molecular flexibility index (Phi) is 8.73. The van der Waals surface area contributed by atoms with E-state index in [0.717, 1.165) is 0 Å². The number of hydrogen-bond acceptors (Lipinski definition) is 5. The molecule has 1 aromatic carbocycles. The summed E-state index contributed by atoms with van der Waals surface area (Å²) < 4.78 is 10.0. The molecule has 0 spiro atoms. The quantitative estimate of drug-likeness (QED) is 0.629. The van der Waals surface area contributed by atoms with E-state index < -0.39 is 6.09 Å². The molecule has 24 heavy (non-hydrogen) atoms. The second kappa shape index (κ2) is 10.9. The minimum Gasteiger partial charge on any atom is -0.484 e. The first-order valence-electron chi connectivity index (χ1n) is 7.75. The molecule has 8 heteroatoms. The molecule has 3 amide bonds. The van der Waals surface area contributed by atoms with Gasteiger partial charge in [-0.25, -0.2) is 4.79 Å². The van der Waals surface area contributed by atoms with E-state index in [1.165, 1.54) is 0 Å². The molecule has 1 aromatic rings. The van der Waals surface area contributed by atoms with E-state index in [9.17, 15) is 14.4 Å². The van der Waals surface area contributed by atoms with E-state index in [0.29, 0.717) is 18.0 Å². The number of nitrogens with one attached hydrogen (secondary N) is 3. The summed E-state index contributed by atoms with van der Waals surface area (Å²) in [5.74, 6) is 0.00774. The molecule has 0 bridgehead atoms. The predicted molar refractivity (Wildman–Crippen MR) is 88.9 cm³/mol. The third-order valence-electron chi connectivity index (χ3n) is 2.76. The van der Waals surface area contributed by atoms with Gasteiger partial charge in [-0.2, -0.15) is 0 Å². The van der Waals surface area contributed by atoms with Gasteiger partial charge in [-0.15, -0.1) is 0 Å². The monoisotopic (exact) mass is 337 g/mol. The number of carbonyl (C=O) groups excluding carboxylic acids is 3. The third kappa shape index (κ3) is 8.02. The first-order valence-corrected chi connectivity index (χ1v) is 7.75. The van der Waals surface area contributed by atoms with Crippen molar-refractivity contribution >= 4 is 23.6 Å². The predicted octanol–water partition coefficient (Wildman–Crippen LogP) is 1.28. The molecule has 0 fully saturated rings. The SMILES string of the molecule is CCNC(=O)COc1cccc(NC(=O)CCNC(=O)OCC)c1. The standard InChI is InChI=1S/C16H23N3O5/c1-3-17-15(21)11-24-13-7-5-6-12(10-13)19-14(20)8-9-18-16(22)23-4-2/h5-7,10H,3-4,8-9,11H2,1-2H3,(H,17,21)(H,18,22)(H,19,20). The summed E-state index contributed by atoms with van der Waals surface area (Å²) in [7, 11) is 0. The maximum absolute atomic E-state index is 11.8. The van der Waals surface area contributed by atoms with Crippen LogP contribution in [0, 0.1) is 0 Å². The Morgan fingerprint density at radius 3 is 2.58 bits per heavy atom. The Hall–Kier alpha value is -2.77. The number of anilines is 1. The first-order chi connectivity index (χ1) is 11.5. The number of hydrogen-bond donors (Lipinski definition) is 3. The summed E-state index contributed by atoms with van der Waals surface area (Å²) in [6.45, 7) is 4.43. The van der Waals surface area contributed by atoms with Crippen LogP contribution in [0.1, 0.15) is 20.3 Å². The van der Waals surface area contributed by atoms with E-state index in [1.807, 2.05) is 6.92 Å². The number of rotatable bonds is 9. The maximum atomic E-state index is 11.8. The van der Waals surface area contributed by atoms with Gasteiger partial charge in [-0.3, -0.25) is 9.59 Å². The van der Waals surface area contributed by atoms with Crippen LogP contribution in [0.15, 0.2) is 24.3 Å². The number of ether oxygens (including phenoxy) is 2. The smallest absolute Gasteiger partial charge is 0.407 e. The van der Waals surface area contributed by atoms with Gasteiger partial charge in [0.25, 0.3) is 5.91 Å². The fourth-order valence-electron chi connectivity index (χ4n) is 1.74. The van der Waals surface area contributed by atoms with Crippen LogP contribution in [-0.2, 0) is 14.3 Å². The van der Waals surface area contributed by atoms with E-state index in [-0.39, 0.29) is 38.0 Å². The van der Waals surface area contributed by atoms with Crippen molar-refractivity contribution in [1.29, 1.82) is 0 Å². The zero-order valence-electron chi connectivity index (χ0n) is 13.9. The molecular weight excluding hydrogens is 314 g/mol. The maximum Gasteiger partial charge on any atom is 0.407 e. The Balaban J connectivity index is 2.39. The zero-order chi connectivity index (χ0) is 17.8. The zero-order valence-corrected chi connectivity index (χ0v) is 13.9. The van der Waals surface area contributed by atoms with E-state index in [4.69, 9.17) is 9.47 Å². The highest BCUT2D eigenvalue weighted by molar-refractivity contribution is 5.91. The molecule has 0 heterocycles. The minimum absolute atomic E-state index is 0.0886. The van der Waals surface area contributed by atoms with Crippen LogP contribution in [0.4, 0.5) is 10.5 Å². The van der Waals surface area contributed by atoms with Gasteiger partial charge >= 0.3 is 6.09 Å². The van der Waals surface area contributed by atoms with Crippen molar-refractivity contribution in [3.8, 4) is 5.75 Å². The first kappa shape index (κ1) is 19.3. The summed E-state index contributed by atoms with van der Waals surface area (Å²) >= 11 is 0. The molecular formula is C16H23N3O5. The summed E-state index contributed by atoms with van der Waals surface area (Å²) in [6.07, 6.45) is -0.436. The summed E-state index contributed by atoms with van der Waals surface area (Å²) in [5, 5.41) is 7.78. The molecule has 1 rings (SSSR count). The van der Waals surface area contributed by atoms with Gasteiger partial charge in [0.2, 0.25) is 5.91 Å². The van der Waals surface area contributed by atoms with Crippen molar-refractivity contribution in [1.82, 2.24) is 10.6 Å². The lowest BCUT2D eigenvalue weighted by Crippen LogP contribution is -2.28. The molecule has 0 aromatic heterocycles. The fourth-order valence-corrected chi connectivity index (χ4v) is 1.74. The Bertz CT molecular complexity index is 562. The average molecular weight is 337 g/mol. The molecule has 0 atom stereocenters. The lowest BCUT2D eigenvalue weighted by molar-refractivity contribution is -0.123. The van der Waals surface area contributed by atoms with Crippen molar-refractivity contribution in [3.05, 3.63) is 24.3 Å². The van der Waals surface area contributed by atoms with Crippen LogP contribution < -0.4 is 20.7 Å². The number of benzene rings is 1. The fraction of sp³-hybridized carbons (Fsp3) is 0.438. The second-order valence-electron chi connectivity index (χ2n) is 4.72. The Morgan fingerprint density at radius 1 is 1.08 bits per heavy atom. The van der Waals surface area contributed by atoms with Crippen molar-refractivity contribution in [2.75, 3.05) is 31.6 Å². The van der Waals surface area contributed by atoms with Crippen LogP contribution in [0.5, 0.6) is 5.75 Å². The molecule has 0 aliphatic heterocycles. The van der Waals surface area contributed by atoms with Gasteiger partial charge in [-0.1, -0.05) is 6.07 Å². The van der Waals surface area contributed by atoms with E-state index in [2.05, 4.69) is 16.0 Å². The molecule has 0 unspecified atom stereocenters. The molecule has 0 aliphatic rings. The van der Waals surface area contributed by atoms with Gasteiger partial charge < -0.3 is 25.4 Å². The summed E-state index contributed by atoms with van der Waals surface area (Å²) in [6, 6.07) is 6.72. The molecule has 0 radical (unpaired) electrons. The van der Waals surface area contributed by atoms with Gasteiger partial charge in [0.1, 0.15) is 5.75 Å². The van der Waals surface area contributed by atoms with E-state index in [1.54, 1.807) is 31.2 Å². The van der Waals surface area contributed by atoms with Crippen molar-refractivity contribution in [3.63, 3.8) is 0 Å². The van der Waals surface area contributed by atoms with Gasteiger partial charge in [-0.05, 0) is 26.0 Å². The Morgan fingerprint density at radius 2 is 1.88 bits per heavy atom. The van der Waals surface area contributed by atoms with Crippen LogP contribution in [0.25, 0.3) is 0 Å². The highest BCUT2D eigenvalue weighted by Gasteiger charge is 2.06. The van der Waals surface area contributed by atoms with Crippen molar-refractivity contribution < 1.29 is 23.9 Å². The normalized spacial score (nSPS) is 9.75. The highest BCUT2D eigenvalue weighted by Crippen LogP contribution is 2.17. The van der Waals surface area contributed by atoms with Gasteiger partial charge in [0, 0.05) is 31.3 Å². The van der Waals surface area contributed by atoms with Crippen LogP contribution in [0.2, 0.25) is 0 Å². The largest absolute Gasteiger partial charge is 0.484 e. The van der Waals surface area contributed by atoms with Crippen LogP contribution in [-0.4, -0.2) is 44.2 Å². The van der Waals surface area contributed by atoms with Gasteiger partial charge in [0.15, 0.2) is 6.61 Å². The number of likely N-dealkylation sites (N-methyl/N-ethyl adjacent to an activating group) is 1. The Labute approximate surface area is 140 Å². The molecule has 8 nitrogen and oxygen atoms in total. The molecule has 132 valence electrons. The van der Waals surface area contributed by atoms with Crippen LogP contribution in [0.3, 0.4) is 0 Å². The van der Waals surface area contributed by atoms with Crippen LogP contribution >= 0.6 is 0 Å². The molecule has 0 saturated heterocycles.